The quantitative estimate of drug-likeness (QED) is 0.440. The fourth-order valence-corrected chi connectivity index (χ4v) is 8.55. The predicted molar refractivity (Wildman–Crippen MR) is 123 cm³/mol. The van der Waals surface area contributed by atoms with Crippen LogP contribution in [0, 0.1) is 11.8 Å². The number of hydrogen-bond donors (Lipinski definition) is 1. The van der Waals surface area contributed by atoms with Gasteiger partial charge < -0.3 is 9.52 Å². The van der Waals surface area contributed by atoms with Crippen LogP contribution in [0.5, 0.6) is 0 Å². The Morgan fingerprint density at radius 3 is 2.32 bits per heavy atom. The lowest BCUT2D eigenvalue weighted by Crippen LogP contribution is -2.39. The van der Waals surface area contributed by atoms with Gasteiger partial charge in [-0.3, -0.25) is 4.57 Å². The number of aliphatic hydroxyl groups excluding tert-OH is 1. The van der Waals surface area contributed by atoms with Gasteiger partial charge in [-0.1, -0.05) is 66.8 Å². The van der Waals surface area contributed by atoms with Crippen molar-refractivity contribution in [3.63, 3.8) is 0 Å². The first-order chi connectivity index (χ1) is 15.0. The second-order valence-corrected chi connectivity index (χ2v) is 11.2. The number of hydrogen-bond acceptors (Lipinski definition) is 3. The number of benzene rings is 2. The summed E-state index contributed by atoms with van der Waals surface area (Å²) in [6.07, 6.45) is 6.90. The Balaban J connectivity index is 1.68. The summed E-state index contributed by atoms with van der Waals surface area (Å²) in [6, 6.07) is 23.5. The van der Waals surface area contributed by atoms with Crippen LogP contribution in [-0.2, 0) is 10.1 Å². The van der Waals surface area contributed by atoms with Gasteiger partial charge in [-0.05, 0) is 43.8 Å². The summed E-state index contributed by atoms with van der Waals surface area (Å²) in [5.41, 5.74) is 0.645. The third-order valence-corrected chi connectivity index (χ3v) is 10.3. The Morgan fingerprint density at radius 2 is 1.68 bits per heavy atom. The minimum absolute atomic E-state index is 0.0639. The second kappa shape index (κ2) is 7.49. The van der Waals surface area contributed by atoms with Gasteiger partial charge in [0.1, 0.15) is 11.9 Å². The van der Waals surface area contributed by atoms with E-state index in [4.69, 9.17) is 4.42 Å². The van der Waals surface area contributed by atoms with Gasteiger partial charge in [-0.25, -0.2) is 4.67 Å². The van der Waals surface area contributed by atoms with Crippen LogP contribution < -0.4 is 5.30 Å². The van der Waals surface area contributed by atoms with Gasteiger partial charge in [0.05, 0.1) is 11.8 Å². The maximum Gasteiger partial charge on any atom is 0.204 e. The molecule has 5 heteroatoms. The second-order valence-electron chi connectivity index (χ2n) is 8.44. The van der Waals surface area contributed by atoms with Crippen molar-refractivity contribution in [2.75, 3.05) is 7.05 Å². The monoisotopic (exact) mass is 431 g/mol. The van der Waals surface area contributed by atoms with Crippen molar-refractivity contribution < 1.29 is 14.1 Å². The molecule has 158 valence electrons. The smallest absolute Gasteiger partial charge is 0.204 e. The maximum absolute atomic E-state index is 14.9. The molecule has 0 radical (unpaired) electrons. The zero-order valence-electron chi connectivity index (χ0n) is 17.6. The topological polar surface area (TPSA) is 53.7 Å². The van der Waals surface area contributed by atoms with Crippen molar-refractivity contribution >= 4 is 12.6 Å². The maximum atomic E-state index is 14.9. The fraction of sp³-hybridized carbons (Fsp3) is 0.231. The van der Waals surface area contributed by atoms with Crippen LogP contribution in [0.1, 0.15) is 24.4 Å². The van der Waals surface area contributed by atoms with E-state index in [0.29, 0.717) is 5.76 Å². The number of nitrogens with zero attached hydrogens (tertiary/aromatic N) is 1. The summed E-state index contributed by atoms with van der Waals surface area (Å²) in [5, 5.41) is 12.6. The van der Waals surface area contributed by atoms with E-state index < -0.39 is 18.9 Å². The molecule has 5 atom stereocenters. The summed E-state index contributed by atoms with van der Waals surface area (Å²) < 4.78 is 22.4. The van der Waals surface area contributed by atoms with Crippen molar-refractivity contribution in [2.45, 2.75) is 18.6 Å². The van der Waals surface area contributed by atoms with E-state index in [1.807, 2.05) is 67.7 Å². The molecular formula is C26H26NO3P. The van der Waals surface area contributed by atoms with Gasteiger partial charge in [0.25, 0.3) is 0 Å². The Morgan fingerprint density at radius 1 is 1.00 bits per heavy atom. The Bertz CT molecular complexity index is 1170. The number of fused-ring (bicyclic) bond motifs is 1. The molecule has 31 heavy (non-hydrogen) atoms. The summed E-state index contributed by atoms with van der Waals surface area (Å²) in [6.45, 7) is 2.16. The molecule has 2 heterocycles. The van der Waals surface area contributed by atoms with E-state index in [9.17, 15) is 9.67 Å². The lowest BCUT2D eigenvalue weighted by molar-refractivity contribution is 0.123. The standard InChI is InChI=1S/C26H26NO3P/c1-26(20-10-5-3-6-11-20)22-16-15-19(25(28)23-14-9-17-30-23)18-24(22)31(29,27(26)2)21-12-7-4-8-13-21/h3-19,22,25,28H,1-2H3/t19-,22+,25+,26-,31-/m1/s1. The van der Waals surface area contributed by atoms with Crippen molar-refractivity contribution in [3.8, 4) is 0 Å². The number of rotatable bonds is 4. The third-order valence-electron chi connectivity index (χ3n) is 6.92. The Labute approximate surface area is 182 Å². The molecule has 0 amide bonds. The molecule has 2 aliphatic rings. The largest absolute Gasteiger partial charge is 0.467 e. The molecule has 1 aliphatic heterocycles. The van der Waals surface area contributed by atoms with Crippen LogP contribution in [-0.4, -0.2) is 16.8 Å². The highest BCUT2D eigenvalue weighted by molar-refractivity contribution is 7.73. The van der Waals surface area contributed by atoms with E-state index in [2.05, 4.69) is 29.8 Å². The fourth-order valence-electron chi connectivity index (χ4n) is 5.07. The summed E-state index contributed by atoms with van der Waals surface area (Å²) in [7, 11) is -1.12. The molecule has 0 spiro atoms. The molecule has 1 saturated heterocycles. The van der Waals surface area contributed by atoms with Gasteiger partial charge in [-0.2, -0.15) is 0 Å². The van der Waals surface area contributed by atoms with Crippen molar-refractivity contribution in [1.82, 2.24) is 4.67 Å². The molecule has 1 aromatic heterocycles. The van der Waals surface area contributed by atoms with E-state index in [0.717, 1.165) is 16.2 Å². The Hall–Kier alpha value is -2.65. The minimum atomic E-state index is -3.08. The van der Waals surface area contributed by atoms with E-state index in [1.165, 1.54) is 0 Å². The van der Waals surface area contributed by atoms with E-state index >= 15 is 0 Å². The lowest BCUT2D eigenvalue weighted by Gasteiger charge is -2.37. The van der Waals surface area contributed by atoms with E-state index in [-0.39, 0.29) is 11.8 Å². The lowest BCUT2D eigenvalue weighted by atomic mass is 9.76. The molecule has 1 N–H and O–H groups in total. The average molecular weight is 431 g/mol. The predicted octanol–water partition coefficient (Wildman–Crippen LogP) is 5.46. The highest BCUT2D eigenvalue weighted by atomic mass is 31.2. The van der Waals surface area contributed by atoms with E-state index in [1.54, 1.807) is 18.4 Å². The zero-order chi connectivity index (χ0) is 21.6. The average Bonchev–Trinajstić information content (AvgIpc) is 3.42. The van der Waals surface area contributed by atoms with Crippen LogP contribution in [0.2, 0.25) is 0 Å². The van der Waals surface area contributed by atoms with Crippen molar-refractivity contribution in [1.29, 1.82) is 0 Å². The first-order valence-electron chi connectivity index (χ1n) is 10.5. The van der Waals surface area contributed by atoms with Gasteiger partial charge in [0.15, 0.2) is 0 Å². The SMILES string of the molecule is CN1[C@](C)(c2ccccc2)[C@H]2C=C[C@@H]([C@H](O)c3ccco3)C=C2[P@]1(=O)c1ccccc1. The normalized spacial score (nSPS) is 31.3. The van der Waals surface area contributed by atoms with Crippen molar-refractivity contribution in [2.24, 2.45) is 11.8 Å². The van der Waals surface area contributed by atoms with Crippen LogP contribution in [0.15, 0.2) is 107 Å². The highest BCUT2D eigenvalue weighted by Crippen LogP contribution is 2.72. The molecule has 4 nitrogen and oxygen atoms in total. The molecular weight excluding hydrogens is 405 g/mol. The number of furan rings is 1. The number of aliphatic hydroxyl groups is 1. The minimum Gasteiger partial charge on any atom is -0.467 e. The molecule has 0 saturated carbocycles. The first-order valence-corrected chi connectivity index (χ1v) is 12.2. The molecule has 1 aliphatic carbocycles. The molecule has 3 aromatic rings. The molecule has 0 bridgehead atoms. The Kier molecular flexibility index (Phi) is 4.90. The van der Waals surface area contributed by atoms with Crippen LogP contribution in [0.4, 0.5) is 0 Å². The summed E-state index contributed by atoms with van der Waals surface area (Å²) in [5.74, 6) is 0.142. The molecule has 1 fully saturated rings. The molecule has 5 rings (SSSR count). The third kappa shape index (κ3) is 2.94. The molecule has 2 aromatic carbocycles. The van der Waals surface area contributed by atoms with Crippen LogP contribution in [0.3, 0.4) is 0 Å². The van der Waals surface area contributed by atoms with Gasteiger partial charge >= 0.3 is 0 Å². The summed E-state index contributed by atoms with van der Waals surface area (Å²) >= 11 is 0. The van der Waals surface area contributed by atoms with Gasteiger partial charge in [-0.15, -0.1) is 0 Å². The van der Waals surface area contributed by atoms with Gasteiger partial charge in [0, 0.05) is 22.5 Å². The van der Waals surface area contributed by atoms with Crippen LogP contribution in [0.25, 0.3) is 0 Å². The highest BCUT2D eigenvalue weighted by Gasteiger charge is 2.59. The molecule has 0 unspecified atom stereocenters. The van der Waals surface area contributed by atoms with Gasteiger partial charge in [0.2, 0.25) is 7.29 Å². The first kappa shape index (κ1) is 20.3. The zero-order valence-corrected chi connectivity index (χ0v) is 18.5. The van der Waals surface area contributed by atoms with Crippen LogP contribution >= 0.6 is 7.29 Å². The summed E-state index contributed by atoms with van der Waals surface area (Å²) in [4.78, 5) is 0. The van der Waals surface area contributed by atoms with Crippen molar-refractivity contribution in [3.05, 3.63) is 114 Å².